The van der Waals surface area contributed by atoms with Crippen LogP contribution in [0.3, 0.4) is 0 Å². The summed E-state index contributed by atoms with van der Waals surface area (Å²) in [7, 11) is 1.43. The van der Waals surface area contributed by atoms with Crippen molar-refractivity contribution < 1.29 is 19.4 Å². The van der Waals surface area contributed by atoms with Crippen molar-refractivity contribution in [3.63, 3.8) is 0 Å². The summed E-state index contributed by atoms with van der Waals surface area (Å²) in [5.74, 6) is 0.606. The van der Waals surface area contributed by atoms with Gasteiger partial charge in [0.05, 0.1) is 19.4 Å². The number of methoxy groups -OCH3 is 1. The molecule has 2 aromatic rings. The number of piperidine rings is 1. The van der Waals surface area contributed by atoms with Gasteiger partial charge in [-0.2, -0.15) is 0 Å². The van der Waals surface area contributed by atoms with Crippen molar-refractivity contribution in [2.24, 2.45) is 5.92 Å². The zero-order valence-electron chi connectivity index (χ0n) is 17.6. The summed E-state index contributed by atoms with van der Waals surface area (Å²) in [5.41, 5.74) is 1.18. The topological polar surface area (TPSA) is 88.9 Å². The van der Waals surface area contributed by atoms with Gasteiger partial charge in [0, 0.05) is 38.6 Å². The molecule has 2 N–H and O–H groups in total. The standard InChI is InChI=1S/C22H32N4O4/c1-29-22(28)19-6-10-25(11-7-19)15-20(27)16-30-21-4-2-18(3-5-21)14-23-8-12-26-13-9-24-17-26/h2-5,9,13,17,19-20,23,27H,6-8,10-12,14-16H2,1H3. The molecule has 1 aliphatic rings. The highest BCUT2D eigenvalue weighted by Crippen LogP contribution is 2.19. The summed E-state index contributed by atoms with van der Waals surface area (Å²) in [6.07, 6.45) is 6.53. The molecule has 1 unspecified atom stereocenters. The van der Waals surface area contributed by atoms with Crippen molar-refractivity contribution in [2.45, 2.75) is 32.0 Å². The maximum Gasteiger partial charge on any atom is 0.308 e. The van der Waals surface area contributed by atoms with E-state index in [9.17, 15) is 9.90 Å². The number of β-amino-alcohol motifs (C(OH)–C–C–N with tert-alkyl or cyclic N) is 1. The second kappa shape index (κ2) is 11.7. The van der Waals surface area contributed by atoms with E-state index in [1.54, 1.807) is 6.20 Å². The third kappa shape index (κ3) is 7.12. The largest absolute Gasteiger partial charge is 0.491 e. The Balaban J connectivity index is 1.30. The van der Waals surface area contributed by atoms with E-state index in [1.165, 1.54) is 12.7 Å². The van der Waals surface area contributed by atoms with Gasteiger partial charge in [-0.1, -0.05) is 12.1 Å². The van der Waals surface area contributed by atoms with Crippen LogP contribution in [0, 0.1) is 5.92 Å². The van der Waals surface area contributed by atoms with Crippen LogP contribution in [0.15, 0.2) is 43.0 Å². The number of imidazole rings is 1. The van der Waals surface area contributed by atoms with Crippen LogP contribution in [0.5, 0.6) is 5.75 Å². The van der Waals surface area contributed by atoms with Gasteiger partial charge in [0.2, 0.25) is 0 Å². The predicted octanol–water partition coefficient (Wildman–Crippen LogP) is 1.30. The molecule has 0 amide bonds. The molecular formula is C22H32N4O4. The van der Waals surface area contributed by atoms with Crippen molar-refractivity contribution in [3.05, 3.63) is 48.5 Å². The highest BCUT2D eigenvalue weighted by Gasteiger charge is 2.26. The van der Waals surface area contributed by atoms with Crippen molar-refractivity contribution >= 4 is 5.97 Å². The third-order valence-electron chi connectivity index (χ3n) is 5.39. The molecule has 30 heavy (non-hydrogen) atoms. The Morgan fingerprint density at radius 2 is 2.07 bits per heavy atom. The Morgan fingerprint density at radius 1 is 1.30 bits per heavy atom. The van der Waals surface area contributed by atoms with Crippen LogP contribution in [0.2, 0.25) is 0 Å². The molecule has 164 valence electrons. The number of carbonyl (C=O) groups is 1. The Labute approximate surface area is 177 Å². The first kappa shape index (κ1) is 22.3. The number of ether oxygens (including phenoxy) is 2. The van der Waals surface area contributed by atoms with E-state index in [0.717, 1.165) is 51.3 Å². The Bertz CT molecular complexity index is 743. The molecule has 2 heterocycles. The molecule has 3 rings (SSSR count). The second-order valence-electron chi connectivity index (χ2n) is 7.68. The molecule has 1 aromatic heterocycles. The fourth-order valence-corrected chi connectivity index (χ4v) is 3.62. The van der Waals surface area contributed by atoms with Crippen LogP contribution < -0.4 is 10.1 Å². The Morgan fingerprint density at radius 3 is 2.73 bits per heavy atom. The molecule has 0 radical (unpaired) electrons. The molecule has 0 bridgehead atoms. The monoisotopic (exact) mass is 416 g/mol. The van der Waals surface area contributed by atoms with Crippen LogP contribution in [0.1, 0.15) is 18.4 Å². The van der Waals surface area contributed by atoms with Gasteiger partial charge < -0.3 is 29.4 Å². The minimum Gasteiger partial charge on any atom is -0.491 e. The maximum atomic E-state index is 11.6. The summed E-state index contributed by atoms with van der Waals surface area (Å²) in [5, 5.41) is 13.7. The van der Waals surface area contributed by atoms with Crippen molar-refractivity contribution in [1.29, 1.82) is 0 Å². The molecule has 1 saturated heterocycles. The predicted molar refractivity (Wildman–Crippen MR) is 113 cm³/mol. The van der Waals surface area contributed by atoms with Crippen molar-refractivity contribution in [3.8, 4) is 5.75 Å². The van der Waals surface area contributed by atoms with E-state index in [2.05, 4.69) is 15.2 Å². The minimum absolute atomic E-state index is 0.0152. The zero-order chi connectivity index (χ0) is 21.2. The van der Waals surface area contributed by atoms with E-state index < -0.39 is 6.10 Å². The molecule has 0 spiro atoms. The number of hydrogen-bond acceptors (Lipinski definition) is 7. The number of aliphatic hydroxyl groups is 1. The smallest absolute Gasteiger partial charge is 0.308 e. The van der Waals surface area contributed by atoms with Crippen molar-refractivity contribution in [1.82, 2.24) is 19.8 Å². The average Bonchev–Trinajstić information content (AvgIpc) is 3.30. The lowest BCUT2D eigenvalue weighted by Gasteiger charge is -2.31. The van der Waals surface area contributed by atoms with Gasteiger partial charge in [-0.3, -0.25) is 4.79 Å². The van der Waals surface area contributed by atoms with Gasteiger partial charge >= 0.3 is 5.97 Å². The summed E-state index contributed by atoms with van der Waals surface area (Å²) < 4.78 is 12.6. The average molecular weight is 417 g/mol. The van der Waals surface area contributed by atoms with Gasteiger partial charge in [0.15, 0.2) is 0 Å². The first-order valence-corrected chi connectivity index (χ1v) is 10.5. The van der Waals surface area contributed by atoms with Gasteiger partial charge in [-0.15, -0.1) is 0 Å². The van der Waals surface area contributed by atoms with Gasteiger partial charge in [-0.05, 0) is 43.6 Å². The van der Waals surface area contributed by atoms with E-state index >= 15 is 0 Å². The quantitative estimate of drug-likeness (QED) is 0.422. The lowest BCUT2D eigenvalue weighted by molar-refractivity contribution is -0.147. The molecule has 1 atom stereocenters. The fraction of sp³-hybridized carbons (Fsp3) is 0.545. The maximum absolute atomic E-state index is 11.6. The molecule has 0 saturated carbocycles. The highest BCUT2D eigenvalue weighted by molar-refractivity contribution is 5.72. The Kier molecular flexibility index (Phi) is 8.67. The minimum atomic E-state index is -0.566. The second-order valence-corrected chi connectivity index (χ2v) is 7.68. The first-order valence-electron chi connectivity index (χ1n) is 10.5. The number of benzene rings is 1. The van der Waals surface area contributed by atoms with Crippen molar-refractivity contribution in [2.75, 3.05) is 39.9 Å². The van der Waals surface area contributed by atoms with E-state index in [4.69, 9.17) is 9.47 Å². The van der Waals surface area contributed by atoms with Crippen LogP contribution in [0.25, 0.3) is 0 Å². The molecule has 1 fully saturated rings. The number of nitrogens with one attached hydrogen (secondary N) is 1. The highest BCUT2D eigenvalue weighted by atomic mass is 16.5. The number of nitrogens with zero attached hydrogens (tertiary/aromatic N) is 3. The van der Waals surface area contributed by atoms with Crippen LogP contribution in [-0.2, 0) is 22.6 Å². The number of hydrogen-bond donors (Lipinski definition) is 2. The summed E-state index contributed by atoms with van der Waals surface area (Å²) in [4.78, 5) is 17.8. The molecular weight excluding hydrogens is 384 g/mol. The number of aromatic nitrogens is 2. The number of aliphatic hydroxyl groups excluding tert-OH is 1. The lowest BCUT2D eigenvalue weighted by Crippen LogP contribution is -2.42. The molecule has 8 nitrogen and oxygen atoms in total. The number of likely N-dealkylation sites (tertiary alicyclic amines) is 1. The molecule has 0 aliphatic carbocycles. The van der Waals surface area contributed by atoms with Gasteiger partial charge in [0.25, 0.3) is 0 Å². The van der Waals surface area contributed by atoms with Crippen LogP contribution in [0.4, 0.5) is 0 Å². The van der Waals surface area contributed by atoms with Crippen LogP contribution >= 0.6 is 0 Å². The first-order chi connectivity index (χ1) is 14.6. The normalized spacial score (nSPS) is 16.3. The molecule has 1 aliphatic heterocycles. The third-order valence-corrected chi connectivity index (χ3v) is 5.39. The summed E-state index contributed by atoms with van der Waals surface area (Å²) in [6.45, 7) is 4.93. The Hall–Kier alpha value is -2.42. The zero-order valence-corrected chi connectivity index (χ0v) is 17.6. The molecule has 8 heteroatoms. The molecule has 1 aromatic carbocycles. The van der Waals surface area contributed by atoms with Gasteiger partial charge in [0.1, 0.15) is 18.5 Å². The van der Waals surface area contributed by atoms with E-state index in [1.807, 2.05) is 41.4 Å². The summed E-state index contributed by atoms with van der Waals surface area (Å²) in [6, 6.07) is 7.93. The van der Waals surface area contributed by atoms with E-state index in [0.29, 0.717) is 6.54 Å². The van der Waals surface area contributed by atoms with E-state index in [-0.39, 0.29) is 18.5 Å². The number of esters is 1. The lowest BCUT2D eigenvalue weighted by atomic mass is 9.97. The number of rotatable bonds is 11. The number of carbonyl (C=O) groups excluding carboxylic acids is 1. The fourth-order valence-electron chi connectivity index (χ4n) is 3.62. The van der Waals surface area contributed by atoms with Crippen LogP contribution in [-0.4, -0.2) is 71.5 Å². The van der Waals surface area contributed by atoms with Gasteiger partial charge in [-0.25, -0.2) is 4.98 Å². The summed E-state index contributed by atoms with van der Waals surface area (Å²) >= 11 is 0. The SMILES string of the molecule is COC(=O)C1CCN(CC(O)COc2ccc(CNCCn3ccnc3)cc2)CC1.